The van der Waals surface area contributed by atoms with Crippen molar-refractivity contribution in [3.63, 3.8) is 0 Å². The van der Waals surface area contributed by atoms with E-state index in [0.717, 1.165) is 17.7 Å². The summed E-state index contributed by atoms with van der Waals surface area (Å²) in [5.74, 6) is -1.07. The topological polar surface area (TPSA) is 80.5 Å². The molecule has 0 atom stereocenters. The van der Waals surface area contributed by atoms with Crippen LogP contribution in [0, 0.1) is 29.9 Å². The van der Waals surface area contributed by atoms with Crippen LogP contribution in [0.25, 0.3) is 17.1 Å². The highest BCUT2D eigenvalue weighted by Gasteiger charge is 2.21. The summed E-state index contributed by atoms with van der Waals surface area (Å²) >= 11 is 0. The van der Waals surface area contributed by atoms with Crippen molar-refractivity contribution in [2.45, 2.75) is 6.92 Å². The smallest absolute Gasteiger partial charge is 0.155 e. The third-order valence-electron chi connectivity index (χ3n) is 3.34. The molecule has 0 aliphatic heterocycles. The number of hydrogen-bond acceptors (Lipinski definition) is 4. The summed E-state index contributed by atoms with van der Waals surface area (Å²) in [4.78, 5) is 4.15. The predicted molar refractivity (Wildman–Crippen MR) is 80.6 cm³/mol. The number of anilines is 1. The third kappa shape index (κ3) is 2.51. The number of rotatable bonds is 2. The standard InChI is InChI=1S/C16H11F2N5/c1-9-4-5-21-14(6-9)23-16(20)12(8-19)15(22-23)11-3-2-10(17)7-13(11)18/h2-7H,20H2,1H3. The molecule has 2 heterocycles. The van der Waals surface area contributed by atoms with Crippen molar-refractivity contribution in [3.05, 3.63) is 59.3 Å². The van der Waals surface area contributed by atoms with Gasteiger partial charge in [0, 0.05) is 17.8 Å². The van der Waals surface area contributed by atoms with E-state index in [2.05, 4.69) is 10.1 Å². The van der Waals surface area contributed by atoms with Crippen molar-refractivity contribution in [2.24, 2.45) is 0 Å². The Hall–Kier alpha value is -3.27. The second-order valence-corrected chi connectivity index (χ2v) is 4.95. The highest BCUT2D eigenvalue weighted by molar-refractivity contribution is 5.73. The van der Waals surface area contributed by atoms with Crippen molar-refractivity contribution < 1.29 is 8.78 Å². The summed E-state index contributed by atoms with van der Waals surface area (Å²) in [5.41, 5.74) is 6.94. The van der Waals surface area contributed by atoms with Gasteiger partial charge < -0.3 is 5.73 Å². The number of aromatic nitrogens is 3. The molecule has 1 aromatic carbocycles. The number of aryl methyl sites for hydroxylation is 1. The molecular weight excluding hydrogens is 300 g/mol. The number of halogens is 2. The maximum Gasteiger partial charge on any atom is 0.155 e. The maximum atomic E-state index is 14.0. The Balaban J connectivity index is 2.24. The van der Waals surface area contributed by atoms with E-state index in [0.29, 0.717) is 5.82 Å². The fraction of sp³-hybridized carbons (Fsp3) is 0.0625. The van der Waals surface area contributed by atoms with Crippen LogP contribution in [0.15, 0.2) is 36.5 Å². The molecule has 114 valence electrons. The Kier molecular flexibility index (Phi) is 3.50. The number of nitrogens with two attached hydrogens (primary N) is 1. The number of pyridine rings is 1. The highest BCUT2D eigenvalue weighted by atomic mass is 19.1. The highest BCUT2D eigenvalue weighted by Crippen LogP contribution is 2.30. The van der Waals surface area contributed by atoms with Crippen LogP contribution >= 0.6 is 0 Å². The molecule has 0 saturated carbocycles. The van der Waals surface area contributed by atoms with E-state index in [9.17, 15) is 14.0 Å². The first-order chi connectivity index (χ1) is 11.0. The van der Waals surface area contributed by atoms with Gasteiger partial charge >= 0.3 is 0 Å². The Morgan fingerprint density at radius 3 is 2.65 bits per heavy atom. The Morgan fingerprint density at radius 1 is 1.22 bits per heavy atom. The number of nitriles is 1. The SMILES string of the molecule is Cc1ccnc(-n2nc(-c3ccc(F)cc3F)c(C#N)c2N)c1. The second-order valence-electron chi connectivity index (χ2n) is 4.95. The van der Waals surface area contributed by atoms with Crippen molar-refractivity contribution in [1.29, 1.82) is 5.26 Å². The monoisotopic (exact) mass is 311 g/mol. The van der Waals surface area contributed by atoms with Gasteiger partial charge in [0.2, 0.25) is 0 Å². The van der Waals surface area contributed by atoms with Crippen LogP contribution < -0.4 is 5.73 Å². The van der Waals surface area contributed by atoms with E-state index < -0.39 is 11.6 Å². The Bertz CT molecular complexity index is 940. The Morgan fingerprint density at radius 2 is 2.00 bits per heavy atom. The molecular formula is C16H11F2N5. The maximum absolute atomic E-state index is 14.0. The lowest BCUT2D eigenvalue weighted by Crippen LogP contribution is -2.04. The number of hydrogen-bond donors (Lipinski definition) is 1. The van der Waals surface area contributed by atoms with E-state index >= 15 is 0 Å². The largest absolute Gasteiger partial charge is 0.382 e. The zero-order chi connectivity index (χ0) is 16.6. The normalized spacial score (nSPS) is 10.5. The van der Waals surface area contributed by atoms with Gasteiger partial charge in [-0.1, -0.05) is 0 Å². The fourth-order valence-electron chi connectivity index (χ4n) is 2.22. The molecule has 0 saturated heterocycles. The number of nitrogens with zero attached hydrogens (tertiary/aromatic N) is 4. The van der Waals surface area contributed by atoms with Gasteiger partial charge in [0.1, 0.15) is 34.8 Å². The van der Waals surface area contributed by atoms with Crippen LogP contribution in [-0.2, 0) is 0 Å². The zero-order valence-electron chi connectivity index (χ0n) is 12.1. The molecule has 0 unspecified atom stereocenters. The molecule has 0 fully saturated rings. The van der Waals surface area contributed by atoms with Crippen LogP contribution in [0.5, 0.6) is 0 Å². The van der Waals surface area contributed by atoms with E-state index in [1.54, 1.807) is 18.3 Å². The molecule has 3 aromatic rings. The lowest BCUT2D eigenvalue weighted by atomic mass is 10.1. The molecule has 2 aromatic heterocycles. The molecule has 5 nitrogen and oxygen atoms in total. The molecule has 0 aliphatic carbocycles. The number of benzene rings is 1. The van der Waals surface area contributed by atoms with Gasteiger partial charge in [-0.2, -0.15) is 15.0 Å². The van der Waals surface area contributed by atoms with Crippen LogP contribution in [0.4, 0.5) is 14.6 Å². The minimum atomic E-state index is -0.816. The number of nitrogen functional groups attached to an aromatic ring is 1. The summed E-state index contributed by atoms with van der Waals surface area (Å²) < 4.78 is 28.3. The summed E-state index contributed by atoms with van der Waals surface area (Å²) in [5, 5.41) is 13.5. The predicted octanol–water partition coefficient (Wildman–Crippen LogP) is 2.97. The fourth-order valence-corrected chi connectivity index (χ4v) is 2.22. The first-order valence-corrected chi connectivity index (χ1v) is 6.68. The van der Waals surface area contributed by atoms with Gasteiger partial charge in [0.15, 0.2) is 5.82 Å². The molecule has 2 N–H and O–H groups in total. The molecule has 3 rings (SSSR count). The van der Waals surface area contributed by atoms with Gasteiger partial charge in [0.25, 0.3) is 0 Å². The summed E-state index contributed by atoms with van der Waals surface area (Å²) in [6.07, 6.45) is 1.58. The quantitative estimate of drug-likeness (QED) is 0.789. The summed E-state index contributed by atoms with van der Waals surface area (Å²) in [7, 11) is 0. The summed E-state index contributed by atoms with van der Waals surface area (Å²) in [6.45, 7) is 1.87. The Labute approximate surface area is 130 Å². The molecule has 7 heteroatoms. The van der Waals surface area contributed by atoms with E-state index in [-0.39, 0.29) is 22.6 Å². The van der Waals surface area contributed by atoms with Gasteiger partial charge in [-0.05, 0) is 36.8 Å². The lowest BCUT2D eigenvalue weighted by molar-refractivity contribution is 0.585. The van der Waals surface area contributed by atoms with Crippen LogP contribution in [0.1, 0.15) is 11.1 Å². The first kappa shape index (κ1) is 14.7. The van der Waals surface area contributed by atoms with E-state index in [4.69, 9.17) is 5.73 Å². The average molecular weight is 311 g/mol. The van der Waals surface area contributed by atoms with E-state index in [1.807, 2.05) is 13.0 Å². The van der Waals surface area contributed by atoms with Crippen LogP contribution in [0.2, 0.25) is 0 Å². The molecule has 0 aliphatic rings. The average Bonchev–Trinajstić information content (AvgIpc) is 2.84. The molecule has 0 radical (unpaired) electrons. The van der Waals surface area contributed by atoms with Gasteiger partial charge in [-0.3, -0.25) is 0 Å². The van der Waals surface area contributed by atoms with Crippen LogP contribution in [-0.4, -0.2) is 14.8 Å². The van der Waals surface area contributed by atoms with Crippen molar-refractivity contribution in [1.82, 2.24) is 14.8 Å². The van der Waals surface area contributed by atoms with Gasteiger partial charge in [0.05, 0.1) is 0 Å². The molecule has 0 bridgehead atoms. The second kappa shape index (κ2) is 5.50. The molecule has 23 heavy (non-hydrogen) atoms. The van der Waals surface area contributed by atoms with E-state index in [1.165, 1.54) is 10.7 Å². The minimum absolute atomic E-state index is 0.000975. The van der Waals surface area contributed by atoms with Gasteiger partial charge in [-0.15, -0.1) is 0 Å². The zero-order valence-corrected chi connectivity index (χ0v) is 12.1. The first-order valence-electron chi connectivity index (χ1n) is 6.68. The van der Waals surface area contributed by atoms with Crippen molar-refractivity contribution in [2.75, 3.05) is 5.73 Å². The molecule has 0 spiro atoms. The minimum Gasteiger partial charge on any atom is -0.382 e. The van der Waals surface area contributed by atoms with Crippen molar-refractivity contribution in [3.8, 4) is 23.1 Å². The van der Waals surface area contributed by atoms with Crippen LogP contribution in [0.3, 0.4) is 0 Å². The lowest BCUT2D eigenvalue weighted by Gasteiger charge is -2.03. The van der Waals surface area contributed by atoms with Gasteiger partial charge in [-0.25, -0.2) is 13.8 Å². The summed E-state index contributed by atoms with van der Waals surface area (Å²) in [6, 6.07) is 8.50. The van der Waals surface area contributed by atoms with Crippen molar-refractivity contribution >= 4 is 5.82 Å². The molecule has 0 amide bonds. The third-order valence-corrected chi connectivity index (χ3v) is 3.34.